The summed E-state index contributed by atoms with van der Waals surface area (Å²) in [4.78, 5) is 17.1. The van der Waals surface area contributed by atoms with Crippen molar-refractivity contribution in [1.82, 2.24) is 14.6 Å². The quantitative estimate of drug-likeness (QED) is 0.818. The minimum absolute atomic E-state index is 0.134. The second-order valence-electron chi connectivity index (χ2n) is 6.44. The summed E-state index contributed by atoms with van der Waals surface area (Å²) in [6, 6.07) is 6.94. The Morgan fingerprint density at radius 3 is 2.73 bits per heavy atom. The predicted octanol–water partition coefficient (Wildman–Crippen LogP) is 2.74. The molecule has 1 unspecified atom stereocenters. The third-order valence-corrected chi connectivity index (χ3v) is 7.89. The zero-order valence-corrected chi connectivity index (χ0v) is 16.4. The molecular formula is C18H23N3O3S2. The molecule has 3 rings (SSSR count). The van der Waals surface area contributed by atoms with Crippen molar-refractivity contribution in [3.05, 3.63) is 47.1 Å². The smallest absolute Gasteiger partial charge is 0.252 e. The van der Waals surface area contributed by atoms with Gasteiger partial charge in [-0.2, -0.15) is 4.31 Å². The van der Waals surface area contributed by atoms with Crippen LogP contribution < -0.4 is 5.32 Å². The fourth-order valence-electron chi connectivity index (χ4n) is 2.99. The van der Waals surface area contributed by atoms with E-state index in [1.165, 1.54) is 11.3 Å². The summed E-state index contributed by atoms with van der Waals surface area (Å²) in [5.41, 5.74) is 0.931. The molecule has 1 aliphatic heterocycles. The number of rotatable bonds is 6. The Balaban J connectivity index is 1.62. The summed E-state index contributed by atoms with van der Waals surface area (Å²) >= 11 is 1.18. The van der Waals surface area contributed by atoms with Gasteiger partial charge in [-0.3, -0.25) is 9.78 Å². The Hall–Kier alpha value is -1.77. The highest BCUT2D eigenvalue weighted by atomic mass is 32.2. The molecule has 140 valence electrons. The first kappa shape index (κ1) is 19.0. The number of sulfonamides is 1. The van der Waals surface area contributed by atoms with Gasteiger partial charge < -0.3 is 5.32 Å². The van der Waals surface area contributed by atoms with Gasteiger partial charge in [0.2, 0.25) is 5.91 Å². The first-order chi connectivity index (χ1) is 12.5. The van der Waals surface area contributed by atoms with Gasteiger partial charge in [-0.05, 0) is 43.5 Å². The summed E-state index contributed by atoms with van der Waals surface area (Å²) in [7, 11) is -3.43. The Morgan fingerprint density at radius 2 is 2.04 bits per heavy atom. The number of piperidine rings is 1. The molecule has 1 amide bonds. The highest BCUT2D eigenvalue weighted by Gasteiger charge is 2.27. The maximum atomic E-state index is 12.7. The van der Waals surface area contributed by atoms with Crippen LogP contribution in [0.1, 0.15) is 42.7 Å². The van der Waals surface area contributed by atoms with E-state index >= 15 is 0 Å². The van der Waals surface area contributed by atoms with Crippen LogP contribution in [0, 0.1) is 0 Å². The van der Waals surface area contributed by atoms with E-state index in [9.17, 15) is 13.2 Å². The van der Waals surface area contributed by atoms with E-state index in [-0.39, 0.29) is 18.4 Å². The SMILES string of the molecule is CC(NC(=O)Cc1ccc(S(=O)(=O)N2CCCCC2)s1)c1cccnc1. The van der Waals surface area contributed by atoms with Gasteiger partial charge in [-0.15, -0.1) is 11.3 Å². The Morgan fingerprint density at radius 1 is 1.27 bits per heavy atom. The van der Waals surface area contributed by atoms with Crippen LogP contribution in [0.4, 0.5) is 0 Å². The normalized spacial score (nSPS) is 17.0. The van der Waals surface area contributed by atoms with Crippen LogP contribution in [0.5, 0.6) is 0 Å². The molecule has 2 aromatic heterocycles. The van der Waals surface area contributed by atoms with E-state index < -0.39 is 10.0 Å². The molecule has 3 heterocycles. The monoisotopic (exact) mass is 393 g/mol. The largest absolute Gasteiger partial charge is 0.349 e. The van der Waals surface area contributed by atoms with Gasteiger partial charge in [0.25, 0.3) is 10.0 Å². The highest BCUT2D eigenvalue weighted by molar-refractivity contribution is 7.91. The van der Waals surface area contributed by atoms with Crippen molar-refractivity contribution in [3.8, 4) is 0 Å². The van der Waals surface area contributed by atoms with Gasteiger partial charge in [0.1, 0.15) is 4.21 Å². The number of amides is 1. The lowest BCUT2D eigenvalue weighted by molar-refractivity contribution is -0.121. The summed E-state index contributed by atoms with van der Waals surface area (Å²) in [6.45, 7) is 3.06. The molecule has 1 aliphatic rings. The molecular weight excluding hydrogens is 370 g/mol. The molecule has 1 saturated heterocycles. The number of nitrogens with one attached hydrogen (secondary N) is 1. The molecule has 0 bridgehead atoms. The molecule has 1 N–H and O–H groups in total. The van der Waals surface area contributed by atoms with Crippen molar-refractivity contribution in [2.24, 2.45) is 0 Å². The van der Waals surface area contributed by atoms with Crippen LogP contribution in [-0.4, -0.2) is 36.7 Å². The molecule has 0 aromatic carbocycles. The summed E-state index contributed by atoms with van der Waals surface area (Å²) < 4.78 is 27.2. The number of hydrogen-bond acceptors (Lipinski definition) is 5. The number of pyridine rings is 1. The minimum Gasteiger partial charge on any atom is -0.349 e. The van der Waals surface area contributed by atoms with Gasteiger partial charge in [0, 0.05) is 30.4 Å². The number of carbonyl (C=O) groups excluding carboxylic acids is 1. The van der Waals surface area contributed by atoms with Crippen molar-refractivity contribution in [2.75, 3.05) is 13.1 Å². The van der Waals surface area contributed by atoms with Crippen molar-refractivity contribution < 1.29 is 13.2 Å². The molecule has 0 radical (unpaired) electrons. The van der Waals surface area contributed by atoms with Crippen molar-refractivity contribution in [2.45, 2.75) is 42.9 Å². The maximum absolute atomic E-state index is 12.7. The zero-order chi connectivity index (χ0) is 18.6. The van der Waals surface area contributed by atoms with Crippen molar-refractivity contribution in [3.63, 3.8) is 0 Å². The topological polar surface area (TPSA) is 79.4 Å². The van der Waals surface area contributed by atoms with Crippen LogP contribution in [-0.2, 0) is 21.2 Å². The lowest BCUT2D eigenvalue weighted by Crippen LogP contribution is -2.35. The van der Waals surface area contributed by atoms with E-state index in [2.05, 4.69) is 10.3 Å². The van der Waals surface area contributed by atoms with Gasteiger partial charge in [-0.25, -0.2) is 8.42 Å². The Labute approximate surface area is 158 Å². The van der Waals surface area contributed by atoms with E-state index in [1.807, 2.05) is 19.1 Å². The average molecular weight is 394 g/mol. The molecule has 0 spiro atoms. The second kappa shape index (κ2) is 8.28. The lowest BCUT2D eigenvalue weighted by Gasteiger charge is -2.25. The molecule has 1 fully saturated rings. The summed E-state index contributed by atoms with van der Waals surface area (Å²) in [6.07, 6.45) is 6.48. The van der Waals surface area contributed by atoms with Crippen LogP contribution in [0.3, 0.4) is 0 Å². The zero-order valence-electron chi connectivity index (χ0n) is 14.7. The maximum Gasteiger partial charge on any atom is 0.252 e. The molecule has 1 atom stereocenters. The van der Waals surface area contributed by atoms with Crippen LogP contribution in [0.15, 0.2) is 40.9 Å². The highest BCUT2D eigenvalue weighted by Crippen LogP contribution is 2.27. The Kier molecular flexibility index (Phi) is 6.05. The van der Waals surface area contributed by atoms with Crippen molar-refractivity contribution in [1.29, 1.82) is 0 Å². The number of carbonyl (C=O) groups is 1. The summed E-state index contributed by atoms with van der Waals surface area (Å²) in [5.74, 6) is -0.134. The molecule has 2 aromatic rings. The third-order valence-electron chi connectivity index (χ3n) is 4.44. The number of nitrogens with zero attached hydrogens (tertiary/aromatic N) is 2. The molecule has 6 nitrogen and oxygen atoms in total. The third kappa shape index (κ3) is 4.49. The van der Waals surface area contributed by atoms with Gasteiger partial charge >= 0.3 is 0 Å². The van der Waals surface area contributed by atoms with Gasteiger partial charge in [0.05, 0.1) is 12.5 Å². The molecule has 0 saturated carbocycles. The predicted molar refractivity (Wildman–Crippen MR) is 101 cm³/mol. The fraction of sp³-hybridized carbons (Fsp3) is 0.444. The first-order valence-electron chi connectivity index (χ1n) is 8.75. The average Bonchev–Trinajstić information content (AvgIpc) is 3.12. The van der Waals surface area contributed by atoms with E-state index in [4.69, 9.17) is 0 Å². The number of thiophene rings is 1. The number of hydrogen-bond donors (Lipinski definition) is 1. The van der Waals surface area contributed by atoms with Gasteiger partial charge in [-0.1, -0.05) is 12.5 Å². The number of aromatic nitrogens is 1. The summed E-state index contributed by atoms with van der Waals surface area (Å²) in [5, 5.41) is 2.92. The fourth-order valence-corrected chi connectivity index (χ4v) is 6.02. The lowest BCUT2D eigenvalue weighted by atomic mass is 10.1. The van der Waals surface area contributed by atoms with E-state index in [0.29, 0.717) is 17.3 Å². The first-order valence-corrected chi connectivity index (χ1v) is 11.0. The molecule has 0 aliphatic carbocycles. The van der Waals surface area contributed by atoms with Crippen LogP contribution in [0.2, 0.25) is 0 Å². The standard InChI is InChI=1S/C18H23N3O3S2/c1-14(15-6-5-9-19-13-15)20-17(22)12-16-7-8-18(25-16)26(23,24)21-10-3-2-4-11-21/h5-9,13-14H,2-4,10-12H2,1H3,(H,20,22). The van der Waals surface area contributed by atoms with Gasteiger partial charge in [0.15, 0.2) is 0 Å². The minimum atomic E-state index is -3.43. The van der Waals surface area contributed by atoms with Crippen molar-refractivity contribution >= 4 is 27.3 Å². The molecule has 26 heavy (non-hydrogen) atoms. The Bertz CT molecular complexity index is 844. The van der Waals surface area contributed by atoms with E-state index in [0.717, 1.165) is 29.7 Å². The second-order valence-corrected chi connectivity index (χ2v) is 9.77. The van der Waals surface area contributed by atoms with Crippen LogP contribution >= 0.6 is 11.3 Å². The van der Waals surface area contributed by atoms with E-state index in [1.54, 1.807) is 28.8 Å². The molecule has 8 heteroatoms. The van der Waals surface area contributed by atoms with Crippen LogP contribution in [0.25, 0.3) is 0 Å².